The van der Waals surface area contributed by atoms with Gasteiger partial charge in [0.2, 0.25) is 0 Å². The first kappa shape index (κ1) is 13.9. The summed E-state index contributed by atoms with van der Waals surface area (Å²) in [4.78, 5) is 16.3. The van der Waals surface area contributed by atoms with Crippen molar-refractivity contribution >= 4 is 5.78 Å². The third-order valence-electron chi connectivity index (χ3n) is 2.88. The van der Waals surface area contributed by atoms with E-state index in [2.05, 4.69) is 11.9 Å². The maximum atomic E-state index is 12.0. The summed E-state index contributed by atoms with van der Waals surface area (Å²) < 4.78 is 2.02. The molecule has 4 heteroatoms. The minimum absolute atomic E-state index is 0.0565. The molecule has 2 N–H and O–H groups in total. The first-order chi connectivity index (χ1) is 7.86. The van der Waals surface area contributed by atoms with Crippen LogP contribution < -0.4 is 5.73 Å². The number of nitrogens with zero attached hydrogens (tertiary/aromatic N) is 2. The van der Waals surface area contributed by atoms with Gasteiger partial charge < -0.3 is 10.3 Å². The van der Waals surface area contributed by atoms with Gasteiger partial charge in [0, 0.05) is 18.9 Å². The van der Waals surface area contributed by atoms with E-state index in [1.165, 1.54) is 0 Å². The molecular formula is C13H23N3O. The molecule has 1 unspecified atom stereocenters. The standard InChI is InChI=1S/C13H23N3O/c1-5-7-16-8-6-15-11(16)9-10(17)12(14)13(2,3)4/h6,8,12H,5,7,9,14H2,1-4H3. The van der Waals surface area contributed by atoms with Crippen molar-refractivity contribution in [1.29, 1.82) is 0 Å². The summed E-state index contributed by atoms with van der Waals surface area (Å²) in [6, 6.07) is -0.436. The highest BCUT2D eigenvalue weighted by Gasteiger charge is 2.27. The number of aryl methyl sites for hydroxylation is 1. The molecule has 0 fully saturated rings. The van der Waals surface area contributed by atoms with Gasteiger partial charge in [-0.05, 0) is 11.8 Å². The Morgan fingerprint density at radius 3 is 2.71 bits per heavy atom. The van der Waals surface area contributed by atoms with Crippen LogP contribution in [0.1, 0.15) is 39.9 Å². The highest BCUT2D eigenvalue weighted by Crippen LogP contribution is 2.19. The maximum absolute atomic E-state index is 12.0. The summed E-state index contributed by atoms with van der Waals surface area (Å²) >= 11 is 0. The second kappa shape index (κ2) is 5.45. The van der Waals surface area contributed by atoms with Gasteiger partial charge in [-0.25, -0.2) is 4.98 Å². The van der Waals surface area contributed by atoms with Gasteiger partial charge in [0.05, 0.1) is 12.5 Å². The van der Waals surface area contributed by atoms with Gasteiger partial charge in [-0.15, -0.1) is 0 Å². The van der Waals surface area contributed by atoms with Gasteiger partial charge in [0.25, 0.3) is 0 Å². The van der Waals surface area contributed by atoms with Gasteiger partial charge in [-0.3, -0.25) is 4.79 Å². The van der Waals surface area contributed by atoms with Crippen molar-refractivity contribution in [2.24, 2.45) is 11.1 Å². The third kappa shape index (κ3) is 3.66. The third-order valence-corrected chi connectivity index (χ3v) is 2.88. The quantitative estimate of drug-likeness (QED) is 0.849. The monoisotopic (exact) mass is 237 g/mol. The lowest BCUT2D eigenvalue weighted by atomic mass is 9.84. The molecule has 1 atom stereocenters. The van der Waals surface area contributed by atoms with E-state index in [1.807, 2.05) is 31.5 Å². The van der Waals surface area contributed by atoms with E-state index in [9.17, 15) is 4.79 Å². The number of ketones is 1. The van der Waals surface area contributed by atoms with Gasteiger partial charge >= 0.3 is 0 Å². The van der Waals surface area contributed by atoms with Crippen LogP contribution in [0.2, 0.25) is 0 Å². The fraction of sp³-hybridized carbons (Fsp3) is 0.692. The minimum atomic E-state index is -0.436. The van der Waals surface area contributed by atoms with E-state index < -0.39 is 6.04 Å². The molecule has 0 saturated heterocycles. The molecule has 1 rings (SSSR count). The molecule has 0 radical (unpaired) electrons. The molecule has 0 aliphatic rings. The molecule has 4 nitrogen and oxygen atoms in total. The van der Waals surface area contributed by atoms with E-state index in [0.29, 0.717) is 6.42 Å². The number of carbonyl (C=O) groups is 1. The average molecular weight is 237 g/mol. The zero-order valence-electron chi connectivity index (χ0n) is 11.2. The van der Waals surface area contributed by atoms with E-state index >= 15 is 0 Å². The molecule has 0 saturated carbocycles. The number of aromatic nitrogens is 2. The second-order valence-electron chi connectivity index (χ2n) is 5.52. The lowest BCUT2D eigenvalue weighted by molar-refractivity contribution is -0.121. The number of rotatable bonds is 5. The van der Waals surface area contributed by atoms with Crippen LogP contribution in [0.25, 0.3) is 0 Å². The summed E-state index contributed by atoms with van der Waals surface area (Å²) in [6.07, 6.45) is 5.00. The van der Waals surface area contributed by atoms with E-state index in [4.69, 9.17) is 5.73 Å². The Labute approximate surface area is 103 Å². The van der Waals surface area contributed by atoms with Crippen molar-refractivity contribution < 1.29 is 4.79 Å². The zero-order valence-corrected chi connectivity index (χ0v) is 11.2. The van der Waals surface area contributed by atoms with E-state index in [-0.39, 0.29) is 11.2 Å². The van der Waals surface area contributed by atoms with Crippen LogP contribution in [0.4, 0.5) is 0 Å². The summed E-state index contributed by atoms with van der Waals surface area (Å²) in [5.41, 5.74) is 5.75. The molecule has 1 aromatic rings. The highest BCUT2D eigenvalue weighted by atomic mass is 16.1. The molecule has 1 heterocycles. The van der Waals surface area contributed by atoms with Crippen molar-refractivity contribution in [3.63, 3.8) is 0 Å². The summed E-state index contributed by atoms with van der Waals surface area (Å²) in [7, 11) is 0. The highest BCUT2D eigenvalue weighted by molar-refractivity contribution is 5.86. The van der Waals surface area contributed by atoms with Crippen LogP contribution in [-0.4, -0.2) is 21.4 Å². The largest absolute Gasteiger partial charge is 0.335 e. The topological polar surface area (TPSA) is 60.9 Å². The Bertz CT molecular complexity index is 376. The maximum Gasteiger partial charge on any atom is 0.157 e. The van der Waals surface area contributed by atoms with Gasteiger partial charge in [-0.1, -0.05) is 27.7 Å². The number of nitrogens with two attached hydrogens (primary N) is 1. The van der Waals surface area contributed by atoms with E-state index in [1.54, 1.807) is 6.20 Å². The van der Waals surface area contributed by atoms with E-state index in [0.717, 1.165) is 18.8 Å². The van der Waals surface area contributed by atoms with Crippen LogP contribution in [0, 0.1) is 5.41 Å². The molecule has 0 spiro atoms. The van der Waals surface area contributed by atoms with Crippen molar-refractivity contribution in [3.8, 4) is 0 Å². The zero-order chi connectivity index (χ0) is 13.1. The van der Waals surface area contributed by atoms with Crippen LogP contribution in [0.5, 0.6) is 0 Å². The lowest BCUT2D eigenvalue weighted by Gasteiger charge is -2.25. The molecule has 0 bridgehead atoms. The van der Waals surface area contributed by atoms with Crippen LogP contribution in [0.15, 0.2) is 12.4 Å². The van der Waals surface area contributed by atoms with Gasteiger partial charge in [-0.2, -0.15) is 0 Å². The first-order valence-corrected chi connectivity index (χ1v) is 6.14. The Hall–Kier alpha value is -1.16. The Balaban J connectivity index is 2.71. The molecule has 0 aliphatic heterocycles. The second-order valence-corrected chi connectivity index (χ2v) is 5.52. The molecule has 17 heavy (non-hydrogen) atoms. The molecule has 1 aromatic heterocycles. The predicted octanol–water partition coefficient (Wildman–Crippen LogP) is 1.78. The fourth-order valence-corrected chi connectivity index (χ4v) is 1.70. The Kier molecular flexibility index (Phi) is 4.46. The minimum Gasteiger partial charge on any atom is -0.335 e. The molecule has 96 valence electrons. The number of imidazole rings is 1. The smallest absolute Gasteiger partial charge is 0.157 e. The molecule has 0 amide bonds. The van der Waals surface area contributed by atoms with Crippen molar-refractivity contribution in [2.45, 2.75) is 53.1 Å². The van der Waals surface area contributed by atoms with Crippen molar-refractivity contribution in [3.05, 3.63) is 18.2 Å². The molecule has 0 aromatic carbocycles. The van der Waals surface area contributed by atoms with Crippen molar-refractivity contribution in [1.82, 2.24) is 9.55 Å². The number of hydrogen-bond acceptors (Lipinski definition) is 3. The number of carbonyl (C=O) groups excluding carboxylic acids is 1. The predicted molar refractivity (Wildman–Crippen MR) is 68.7 cm³/mol. The lowest BCUT2D eigenvalue weighted by Crippen LogP contribution is -2.43. The van der Waals surface area contributed by atoms with Crippen molar-refractivity contribution in [2.75, 3.05) is 0 Å². The first-order valence-electron chi connectivity index (χ1n) is 6.14. The summed E-state index contributed by atoms with van der Waals surface area (Å²) in [6.45, 7) is 8.94. The average Bonchev–Trinajstić information content (AvgIpc) is 2.64. The van der Waals surface area contributed by atoms with Gasteiger partial charge in [0.15, 0.2) is 5.78 Å². The molecular weight excluding hydrogens is 214 g/mol. The van der Waals surface area contributed by atoms with Crippen LogP contribution >= 0.6 is 0 Å². The van der Waals surface area contributed by atoms with Crippen LogP contribution in [0.3, 0.4) is 0 Å². The Morgan fingerprint density at radius 1 is 1.53 bits per heavy atom. The SMILES string of the molecule is CCCn1ccnc1CC(=O)C(N)C(C)(C)C. The Morgan fingerprint density at radius 2 is 2.18 bits per heavy atom. The number of Topliss-reactive ketones (excluding diaryl/α,β-unsaturated/α-hetero) is 1. The van der Waals surface area contributed by atoms with Crippen LogP contribution in [-0.2, 0) is 17.8 Å². The summed E-state index contributed by atoms with van der Waals surface area (Å²) in [5.74, 6) is 0.873. The fourth-order valence-electron chi connectivity index (χ4n) is 1.70. The molecule has 0 aliphatic carbocycles. The van der Waals surface area contributed by atoms with Gasteiger partial charge in [0.1, 0.15) is 5.82 Å². The summed E-state index contributed by atoms with van der Waals surface area (Å²) in [5, 5.41) is 0. The normalized spacial score (nSPS) is 13.7. The number of hydrogen-bond donors (Lipinski definition) is 1.